The smallest absolute Gasteiger partial charge is 0.124 e. The first kappa shape index (κ1) is 12.6. The van der Waals surface area contributed by atoms with Crippen molar-refractivity contribution in [2.24, 2.45) is 0 Å². The molecule has 0 saturated carbocycles. The van der Waals surface area contributed by atoms with Gasteiger partial charge in [-0.25, -0.2) is 4.39 Å². The lowest BCUT2D eigenvalue weighted by molar-refractivity contribution is 0.327. The third-order valence-corrected chi connectivity index (χ3v) is 2.58. The summed E-state index contributed by atoms with van der Waals surface area (Å²) in [6.07, 6.45) is 0. The molecule has 15 heavy (non-hydrogen) atoms. The summed E-state index contributed by atoms with van der Waals surface area (Å²) in [5.41, 5.74) is 0.987. The van der Waals surface area contributed by atoms with Crippen molar-refractivity contribution in [2.75, 3.05) is 27.2 Å². The number of benzene rings is 1. The van der Waals surface area contributed by atoms with Gasteiger partial charge in [0.25, 0.3) is 0 Å². The summed E-state index contributed by atoms with van der Waals surface area (Å²) in [7, 11) is 3.95. The molecule has 0 aliphatic rings. The van der Waals surface area contributed by atoms with Gasteiger partial charge in [0, 0.05) is 24.1 Å². The molecule has 0 radical (unpaired) electrons. The van der Waals surface area contributed by atoms with Crippen LogP contribution in [0.25, 0.3) is 0 Å². The lowest BCUT2D eigenvalue weighted by Gasteiger charge is -2.16. The SMILES string of the molecule is CNCCN(C)Cc1cc(F)cc(Br)c1. The summed E-state index contributed by atoms with van der Waals surface area (Å²) in [5.74, 6) is -0.193. The van der Waals surface area contributed by atoms with Crippen molar-refractivity contribution in [3.8, 4) is 0 Å². The number of hydrogen-bond acceptors (Lipinski definition) is 2. The average Bonchev–Trinajstić information content (AvgIpc) is 2.13. The maximum absolute atomic E-state index is 13.1. The Morgan fingerprint density at radius 1 is 1.40 bits per heavy atom. The van der Waals surface area contributed by atoms with Gasteiger partial charge in [0.05, 0.1) is 0 Å². The molecule has 0 atom stereocenters. The quantitative estimate of drug-likeness (QED) is 0.886. The van der Waals surface area contributed by atoms with Crippen molar-refractivity contribution >= 4 is 15.9 Å². The summed E-state index contributed by atoms with van der Waals surface area (Å²) in [5, 5.41) is 3.08. The fourth-order valence-corrected chi connectivity index (χ4v) is 1.91. The molecule has 0 amide bonds. The minimum atomic E-state index is -0.193. The predicted molar refractivity (Wildman–Crippen MR) is 64.4 cm³/mol. The summed E-state index contributed by atoms with van der Waals surface area (Å²) in [6, 6.07) is 4.98. The first-order valence-electron chi connectivity index (χ1n) is 4.90. The van der Waals surface area contributed by atoms with Crippen LogP contribution in [0.2, 0.25) is 0 Å². The van der Waals surface area contributed by atoms with Gasteiger partial charge in [-0.05, 0) is 37.9 Å². The Hall–Kier alpha value is -0.450. The van der Waals surface area contributed by atoms with E-state index in [0.717, 1.165) is 29.7 Å². The summed E-state index contributed by atoms with van der Waals surface area (Å²) in [6.45, 7) is 2.65. The van der Waals surface area contributed by atoms with Crippen LogP contribution in [-0.4, -0.2) is 32.1 Å². The lowest BCUT2D eigenvalue weighted by atomic mass is 10.2. The predicted octanol–water partition coefficient (Wildman–Crippen LogP) is 2.24. The van der Waals surface area contributed by atoms with Gasteiger partial charge in [-0.2, -0.15) is 0 Å². The monoisotopic (exact) mass is 274 g/mol. The van der Waals surface area contributed by atoms with E-state index in [1.165, 1.54) is 6.07 Å². The van der Waals surface area contributed by atoms with Crippen LogP contribution in [0.3, 0.4) is 0 Å². The van der Waals surface area contributed by atoms with E-state index >= 15 is 0 Å². The van der Waals surface area contributed by atoms with Gasteiger partial charge in [0.15, 0.2) is 0 Å². The molecule has 0 unspecified atom stereocenters. The molecule has 0 aliphatic heterocycles. The van der Waals surface area contributed by atoms with E-state index in [2.05, 4.69) is 26.1 Å². The zero-order valence-electron chi connectivity index (χ0n) is 9.06. The second-order valence-electron chi connectivity index (χ2n) is 3.62. The highest BCUT2D eigenvalue weighted by atomic mass is 79.9. The number of halogens is 2. The van der Waals surface area contributed by atoms with E-state index in [1.54, 1.807) is 6.07 Å². The molecule has 1 rings (SSSR count). The number of nitrogens with zero attached hydrogens (tertiary/aromatic N) is 1. The summed E-state index contributed by atoms with van der Waals surface area (Å²) >= 11 is 3.28. The standard InChI is InChI=1S/C11H16BrFN2/c1-14-3-4-15(2)8-9-5-10(12)7-11(13)6-9/h5-7,14H,3-4,8H2,1-2H3. The zero-order valence-corrected chi connectivity index (χ0v) is 10.6. The maximum atomic E-state index is 13.1. The topological polar surface area (TPSA) is 15.3 Å². The average molecular weight is 275 g/mol. The largest absolute Gasteiger partial charge is 0.318 e. The van der Waals surface area contributed by atoms with Crippen LogP contribution in [0.4, 0.5) is 4.39 Å². The Morgan fingerprint density at radius 3 is 2.73 bits per heavy atom. The van der Waals surface area contributed by atoms with Crippen molar-refractivity contribution in [2.45, 2.75) is 6.54 Å². The molecular formula is C11H16BrFN2. The fraction of sp³-hybridized carbons (Fsp3) is 0.455. The molecule has 4 heteroatoms. The highest BCUT2D eigenvalue weighted by Gasteiger charge is 2.02. The van der Waals surface area contributed by atoms with Crippen LogP contribution in [0.5, 0.6) is 0 Å². The Kier molecular flexibility index (Phi) is 5.22. The molecule has 0 fully saturated rings. The van der Waals surface area contributed by atoms with E-state index in [0.29, 0.717) is 0 Å². The van der Waals surface area contributed by atoms with E-state index in [-0.39, 0.29) is 5.82 Å². The van der Waals surface area contributed by atoms with Gasteiger partial charge in [0.2, 0.25) is 0 Å². The van der Waals surface area contributed by atoms with Gasteiger partial charge in [-0.15, -0.1) is 0 Å². The van der Waals surface area contributed by atoms with Crippen LogP contribution in [-0.2, 0) is 6.54 Å². The summed E-state index contributed by atoms with van der Waals surface area (Å²) in [4.78, 5) is 2.15. The van der Waals surface area contributed by atoms with Crippen LogP contribution < -0.4 is 5.32 Å². The van der Waals surface area contributed by atoms with Crippen LogP contribution >= 0.6 is 15.9 Å². The Bertz CT molecular complexity index is 297. The van der Waals surface area contributed by atoms with Crippen molar-refractivity contribution in [3.05, 3.63) is 34.1 Å². The fourth-order valence-electron chi connectivity index (χ4n) is 1.40. The third kappa shape index (κ3) is 4.73. The van der Waals surface area contributed by atoms with E-state index in [9.17, 15) is 4.39 Å². The van der Waals surface area contributed by atoms with Gasteiger partial charge in [0.1, 0.15) is 5.82 Å². The zero-order chi connectivity index (χ0) is 11.3. The number of likely N-dealkylation sites (N-methyl/N-ethyl adjacent to an activating group) is 2. The van der Waals surface area contributed by atoms with E-state index in [1.807, 2.05) is 20.2 Å². The van der Waals surface area contributed by atoms with Crippen molar-refractivity contribution < 1.29 is 4.39 Å². The van der Waals surface area contributed by atoms with Gasteiger partial charge < -0.3 is 10.2 Å². The normalized spacial score (nSPS) is 11.0. The molecule has 0 heterocycles. The molecule has 0 saturated heterocycles. The number of nitrogens with one attached hydrogen (secondary N) is 1. The van der Waals surface area contributed by atoms with Crippen LogP contribution in [0.15, 0.2) is 22.7 Å². The summed E-state index contributed by atoms with van der Waals surface area (Å²) < 4.78 is 13.9. The molecule has 1 N–H and O–H groups in total. The molecular weight excluding hydrogens is 259 g/mol. The van der Waals surface area contributed by atoms with E-state index in [4.69, 9.17) is 0 Å². The second kappa shape index (κ2) is 6.20. The highest BCUT2D eigenvalue weighted by molar-refractivity contribution is 9.10. The molecule has 0 aliphatic carbocycles. The Labute approximate surface area is 98.6 Å². The highest BCUT2D eigenvalue weighted by Crippen LogP contribution is 2.15. The molecule has 2 nitrogen and oxygen atoms in total. The minimum Gasteiger partial charge on any atom is -0.318 e. The first-order valence-corrected chi connectivity index (χ1v) is 5.69. The van der Waals surface area contributed by atoms with Crippen molar-refractivity contribution in [1.82, 2.24) is 10.2 Å². The minimum absolute atomic E-state index is 0.193. The number of hydrogen-bond donors (Lipinski definition) is 1. The first-order chi connectivity index (χ1) is 7.11. The van der Waals surface area contributed by atoms with Gasteiger partial charge in [-0.3, -0.25) is 0 Å². The van der Waals surface area contributed by atoms with Crippen molar-refractivity contribution in [3.63, 3.8) is 0 Å². The van der Waals surface area contributed by atoms with Gasteiger partial charge in [-0.1, -0.05) is 15.9 Å². The molecule has 0 bridgehead atoms. The van der Waals surface area contributed by atoms with Gasteiger partial charge >= 0.3 is 0 Å². The van der Waals surface area contributed by atoms with E-state index < -0.39 is 0 Å². The second-order valence-corrected chi connectivity index (χ2v) is 4.53. The Morgan fingerprint density at radius 2 is 2.13 bits per heavy atom. The molecule has 0 aromatic heterocycles. The maximum Gasteiger partial charge on any atom is 0.124 e. The molecule has 1 aromatic carbocycles. The van der Waals surface area contributed by atoms with Crippen LogP contribution in [0.1, 0.15) is 5.56 Å². The third-order valence-electron chi connectivity index (χ3n) is 2.12. The lowest BCUT2D eigenvalue weighted by Crippen LogP contribution is -2.26. The molecule has 1 aromatic rings. The van der Waals surface area contributed by atoms with Crippen molar-refractivity contribution in [1.29, 1.82) is 0 Å². The molecule has 84 valence electrons. The number of rotatable bonds is 5. The Balaban J connectivity index is 2.56. The van der Waals surface area contributed by atoms with Crippen LogP contribution in [0, 0.1) is 5.82 Å². The molecule has 0 spiro atoms.